The third-order valence-electron chi connectivity index (χ3n) is 7.76. The van der Waals surface area contributed by atoms with Crippen LogP contribution in [0.4, 0.5) is 13.2 Å². The van der Waals surface area contributed by atoms with Crippen molar-refractivity contribution in [3.8, 4) is 11.1 Å². The van der Waals surface area contributed by atoms with E-state index >= 15 is 0 Å². The molecule has 0 N–H and O–H groups in total. The van der Waals surface area contributed by atoms with Crippen LogP contribution in [-0.2, 0) is 25.7 Å². The summed E-state index contributed by atoms with van der Waals surface area (Å²) < 4.78 is 45.5. The van der Waals surface area contributed by atoms with Crippen LogP contribution in [0.25, 0.3) is 11.1 Å². The lowest BCUT2D eigenvalue weighted by Gasteiger charge is -2.37. The number of amides is 1. The van der Waals surface area contributed by atoms with Crippen LogP contribution in [0.5, 0.6) is 0 Å². The molecule has 0 saturated heterocycles. The van der Waals surface area contributed by atoms with Gasteiger partial charge in [-0.2, -0.15) is 18.3 Å². The summed E-state index contributed by atoms with van der Waals surface area (Å²) in [4.78, 5) is 20.2. The monoisotopic (exact) mass is 533 g/mol. The average Bonchev–Trinajstić information content (AvgIpc) is 3.40. The smallest absolute Gasteiger partial charge is 0.333 e. The Morgan fingerprint density at radius 3 is 2.56 bits per heavy atom. The summed E-state index contributed by atoms with van der Waals surface area (Å²) in [6.45, 7) is 4.96. The van der Waals surface area contributed by atoms with Crippen molar-refractivity contribution in [1.82, 2.24) is 24.2 Å². The minimum absolute atomic E-state index is 0.0201. The Morgan fingerprint density at radius 2 is 1.90 bits per heavy atom. The van der Waals surface area contributed by atoms with Gasteiger partial charge in [0.1, 0.15) is 0 Å². The Balaban J connectivity index is 1.48. The van der Waals surface area contributed by atoms with E-state index in [1.165, 1.54) is 10.9 Å². The summed E-state index contributed by atoms with van der Waals surface area (Å²) >= 11 is 0. The predicted molar refractivity (Wildman–Crippen MR) is 141 cm³/mol. The highest BCUT2D eigenvalue weighted by Gasteiger charge is 2.42. The number of carbonyl (C=O) groups is 1. The van der Waals surface area contributed by atoms with Crippen molar-refractivity contribution >= 4 is 5.91 Å². The van der Waals surface area contributed by atoms with E-state index in [1.54, 1.807) is 31.7 Å². The number of halogens is 3. The molecule has 1 saturated carbocycles. The van der Waals surface area contributed by atoms with E-state index in [0.717, 1.165) is 29.5 Å². The van der Waals surface area contributed by atoms with Crippen LogP contribution in [0, 0.1) is 12.8 Å². The summed E-state index contributed by atoms with van der Waals surface area (Å²) in [7, 11) is 0. The molecule has 1 aliphatic heterocycles. The standard InChI is InChI=1S/C30H30F3N5O/c1-3-37-17-26(28(35-37)30(31,32)33)24-14-20(16-36-12-10-34-18-36)15-25-23(24)9-11-38(29(25)39)27(21-7-8-21)22-6-4-5-19(2)13-22/h4-6,10,12-15,17-18,21,27H,3,7-9,11,16H2,1-2H3. The molecule has 3 heterocycles. The van der Waals surface area contributed by atoms with E-state index in [-0.39, 0.29) is 17.5 Å². The fraction of sp³-hybridized carbons (Fsp3) is 0.367. The zero-order valence-electron chi connectivity index (χ0n) is 21.9. The van der Waals surface area contributed by atoms with Gasteiger partial charge in [-0.25, -0.2) is 4.98 Å². The number of aryl methyl sites for hydroxylation is 2. The molecule has 1 unspecified atom stereocenters. The van der Waals surface area contributed by atoms with Gasteiger partial charge < -0.3 is 9.47 Å². The van der Waals surface area contributed by atoms with Gasteiger partial charge >= 0.3 is 6.18 Å². The quantitative estimate of drug-likeness (QED) is 0.281. The number of rotatable bonds is 7. The van der Waals surface area contributed by atoms with Crippen LogP contribution in [0.3, 0.4) is 0 Å². The molecule has 6 nitrogen and oxygen atoms in total. The van der Waals surface area contributed by atoms with E-state index in [4.69, 9.17) is 0 Å². The first-order chi connectivity index (χ1) is 18.7. The summed E-state index contributed by atoms with van der Waals surface area (Å²) in [5, 5.41) is 3.85. The SMILES string of the molecule is CCn1cc(-c2cc(Cn3ccnc3)cc3c2CCN(C(c2cccc(C)c2)C2CC2)C3=O)c(C(F)(F)F)n1. The lowest BCUT2D eigenvalue weighted by Crippen LogP contribution is -2.41. The maximum Gasteiger partial charge on any atom is 0.435 e. The Labute approximate surface area is 225 Å². The molecule has 0 radical (unpaired) electrons. The average molecular weight is 534 g/mol. The predicted octanol–water partition coefficient (Wildman–Crippen LogP) is 6.29. The molecular formula is C30H30F3N5O. The molecule has 2 aromatic carbocycles. The second-order valence-electron chi connectivity index (χ2n) is 10.6. The van der Waals surface area contributed by atoms with E-state index in [9.17, 15) is 18.0 Å². The highest BCUT2D eigenvalue weighted by molar-refractivity contribution is 5.99. The van der Waals surface area contributed by atoms with Crippen molar-refractivity contribution in [3.05, 3.63) is 94.8 Å². The van der Waals surface area contributed by atoms with E-state index in [1.807, 2.05) is 34.6 Å². The Kier molecular flexibility index (Phi) is 6.32. The minimum Gasteiger partial charge on any atom is -0.333 e. The molecule has 1 atom stereocenters. The number of benzene rings is 2. The lowest BCUT2D eigenvalue weighted by molar-refractivity contribution is -0.141. The molecule has 0 bridgehead atoms. The van der Waals surface area contributed by atoms with Crippen molar-refractivity contribution in [1.29, 1.82) is 0 Å². The van der Waals surface area contributed by atoms with Gasteiger partial charge in [-0.1, -0.05) is 29.8 Å². The number of imidazole rings is 1. The number of carbonyl (C=O) groups excluding carboxylic acids is 1. The topological polar surface area (TPSA) is 56.0 Å². The molecule has 6 rings (SSSR count). The maximum atomic E-state index is 14.2. The molecule has 0 spiro atoms. The lowest BCUT2D eigenvalue weighted by atomic mass is 9.86. The third kappa shape index (κ3) is 4.86. The Bertz CT molecular complexity index is 1520. The second kappa shape index (κ2) is 9.70. The number of nitrogens with zero attached hydrogens (tertiary/aromatic N) is 5. The number of hydrogen-bond donors (Lipinski definition) is 0. The number of aromatic nitrogens is 4. The first-order valence-electron chi connectivity index (χ1n) is 13.4. The van der Waals surface area contributed by atoms with Gasteiger partial charge in [-0.05, 0) is 73.4 Å². The number of hydrogen-bond acceptors (Lipinski definition) is 3. The maximum absolute atomic E-state index is 14.2. The fourth-order valence-electron chi connectivity index (χ4n) is 5.83. The molecule has 39 heavy (non-hydrogen) atoms. The Hall–Kier alpha value is -3.88. The van der Waals surface area contributed by atoms with Crippen molar-refractivity contribution in [3.63, 3.8) is 0 Å². The molecule has 4 aromatic rings. The van der Waals surface area contributed by atoms with Gasteiger partial charge in [0.15, 0.2) is 5.69 Å². The van der Waals surface area contributed by atoms with Crippen LogP contribution < -0.4 is 0 Å². The number of fused-ring (bicyclic) bond motifs is 1. The molecule has 2 aliphatic rings. The molecule has 1 aliphatic carbocycles. The van der Waals surface area contributed by atoms with Crippen molar-refractivity contribution in [2.24, 2.45) is 5.92 Å². The second-order valence-corrected chi connectivity index (χ2v) is 10.6. The van der Waals surface area contributed by atoms with Crippen LogP contribution in [0.15, 0.2) is 61.3 Å². The summed E-state index contributed by atoms with van der Waals surface area (Å²) in [6, 6.07) is 11.9. The molecule has 202 valence electrons. The molecule has 9 heteroatoms. The largest absolute Gasteiger partial charge is 0.435 e. The van der Waals surface area contributed by atoms with Crippen molar-refractivity contribution in [2.45, 2.75) is 58.4 Å². The molecule has 1 amide bonds. The normalized spacial score (nSPS) is 16.4. The third-order valence-corrected chi connectivity index (χ3v) is 7.76. The van der Waals surface area contributed by atoms with E-state index < -0.39 is 11.9 Å². The number of alkyl halides is 3. The van der Waals surface area contributed by atoms with Crippen LogP contribution >= 0.6 is 0 Å². The zero-order valence-corrected chi connectivity index (χ0v) is 21.9. The highest BCUT2D eigenvalue weighted by atomic mass is 19.4. The minimum atomic E-state index is -4.62. The van der Waals surface area contributed by atoms with Gasteiger partial charge in [0.05, 0.1) is 12.4 Å². The first kappa shape index (κ1) is 25.4. The van der Waals surface area contributed by atoms with E-state index in [0.29, 0.717) is 48.7 Å². The van der Waals surface area contributed by atoms with Crippen molar-refractivity contribution < 1.29 is 18.0 Å². The van der Waals surface area contributed by atoms with Crippen LogP contribution in [0.1, 0.15) is 64.1 Å². The molecular weight excluding hydrogens is 503 g/mol. The first-order valence-corrected chi connectivity index (χ1v) is 13.4. The van der Waals surface area contributed by atoms with Gasteiger partial charge in [-0.15, -0.1) is 0 Å². The summed E-state index contributed by atoms with van der Waals surface area (Å²) in [6.07, 6.45) is 4.55. The fourth-order valence-corrected chi connectivity index (χ4v) is 5.83. The Morgan fingerprint density at radius 1 is 1.10 bits per heavy atom. The van der Waals surface area contributed by atoms with Crippen molar-refractivity contribution in [2.75, 3.05) is 6.54 Å². The highest BCUT2D eigenvalue weighted by Crippen LogP contribution is 2.47. The molecule has 1 fully saturated rings. The summed E-state index contributed by atoms with van der Waals surface area (Å²) in [5.41, 5.74) is 3.67. The molecule has 2 aromatic heterocycles. The van der Waals surface area contributed by atoms with Gasteiger partial charge in [0.2, 0.25) is 0 Å². The van der Waals surface area contributed by atoms with Gasteiger partial charge in [-0.3, -0.25) is 9.48 Å². The van der Waals surface area contributed by atoms with Gasteiger partial charge in [0.25, 0.3) is 5.91 Å². The van der Waals surface area contributed by atoms with E-state index in [2.05, 4.69) is 22.2 Å². The van der Waals surface area contributed by atoms with Crippen LogP contribution in [-0.4, -0.2) is 36.7 Å². The zero-order chi connectivity index (χ0) is 27.3. The summed E-state index contributed by atoms with van der Waals surface area (Å²) in [5.74, 6) is 0.269. The van der Waals surface area contributed by atoms with Crippen LogP contribution in [0.2, 0.25) is 0 Å². The van der Waals surface area contributed by atoms with Gasteiger partial charge in [0, 0.05) is 49.4 Å².